The van der Waals surface area contributed by atoms with E-state index in [9.17, 15) is 14.4 Å². The third-order valence-corrected chi connectivity index (χ3v) is 8.22. The quantitative estimate of drug-likeness (QED) is 0.253. The zero-order chi connectivity index (χ0) is 28.3. The topological polar surface area (TPSA) is 84.9 Å². The van der Waals surface area contributed by atoms with Gasteiger partial charge in [-0.05, 0) is 101 Å². The summed E-state index contributed by atoms with van der Waals surface area (Å²) in [5.74, 6) is -0.0664. The number of anilines is 1. The Morgan fingerprint density at radius 1 is 1.05 bits per heavy atom. The molecule has 39 heavy (non-hydrogen) atoms. The van der Waals surface area contributed by atoms with Crippen LogP contribution in [0.15, 0.2) is 57.9 Å². The molecule has 1 saturated heterocycles. The van der Waals surface area contributed by atoms with Crippen LogP contribution in [0.5, 0.6) is 11.5 Å². The van der Waals surface area contributed by atoms with Gasteiger partial charge >= 0.3 is 0 Å². The maximum atomic E-state index is 13.0. The first kappa shape index (κ1) is 29.0. The molecule has 1 N–H and O–H groups in total. The Balaban J connectivity index is 1.44. The second kappa shape index (κ2) is 12.5. The zero-order valence-electron chi connectivity index (χ0n) is 21.1. The maximum Gasteiger partial charge on any atom is 0.293 e. The van der Waals surface area contributed by atoms with E-state index < -0.39 is 11.1 Å². The lowest BCUT2D eigenvalue weighted by atomic mass is 10.1. The van der Waals surface area contributed by atoms with Gasteiger partial charge in [0.15, 0.2) is 18.1 Å². The number of nitrogens with zero attached hydrogens (tertiary/aromatic N) is 1. The summed E-state index contributed by atoms with van der Waals surface area (Å²) < 4.78 is 11.9. The molecule has 202 valence electrons. The van der Waals surface area contributed by atoms with Crippen molar-refractivity contribution in [2.75, 3.05) is 19.0 Å². The molecule has 0 aromatic heterocycles. The predicted molar refractivity (Wildman–Crippen MR) is 159 cm³/mol. The van der Waals surface area contributed by atoms with E-state index in [1.54, 1.807) is 42.5 Å². The Labute approximate surface area is 248 Å². The number of nitrogens with one attached hydrogen (secondary N) is 1. The number of benzene rings is 3. The highest BCUT2D eigenvalue weighted by molar-refractivity contribution is 9.10. The summed E-state index contributed by atoms with van der Waals surface area (Å²) in [5, 5.41) is 3.16. The summed E-state index contributed by atoms with van der Waals surface area (Å²) in [6, 6.07) is 13.8. The minimum Gasteiger partial charge on any atom is -0.493 e. The number of methoxy groups -OCH3 is 1. The summed E-state index contributed by atoms with van der Waals surface area (Å²) in [6.07, 6.45) is 1.59. The van der Waals surface area contributed by atoms with Gasteiger partial charge in [-0.2, -0.15) is 0 Å². The van der Waals surface area contributed by atoms with Crippen molar-refractivity contribution < 1.29 is 23.9 Å². The van der Waals surface area contributed by atoms with Crippen LogP contribution in [0.1, 0.15) is 22.3 Å². The van der Waals surface area contributed by atoms with Crippen LogP contribution in [-0.2, 0) is 16.1 Å². The smallest absolute Gasteiger partial charge is 0.293 e. The molecule has 0 radical (unpaired) electrons. The molecule has 1 aliphatic rings. The third-order valence-electron chi connectivity index (χ3n) is 5.95. The van der Waals surface area contributed by atoms with Crippen molar-refractivity contribution in [3.8, 4) is 11.5 Å². The van der Waals surface area contributed by atoms with Crippen LogP contribution in [0.2, 0.25) is 10.0 Å². The molecule has 3 aromatic carbocycles. The molecule has 4 rings (SSSR count). The summed E-state index contributed by atoms with van der Waals surface area (Å²) in [7, 11) is 1.47. The molecule has 0 aliphatic carbocycles. The van der Waals surface area contributed by atoms with E-state index >= 15 is 0 Å². The van der Waals surface area contributed by atoms with Gasteiger partial charge in [0.05, 0.1) is 24.2 Å². The summed E-state index contributed by atoms with van der Waals surface area (Å²) in [4.78, 5) is 39.4. The second-order valence-electron chi connectivity index (χ2n) is 8.63. The SMILES string of the molecule is COc1cc(/C=C2\SC(=O)N(Cc3c(Cl)cccc3Cl)C2=O)ccc1OCC(=O)Nc1cc(C)c(C)cc1Br. The molecule has 0 bridgehead atoms. The Morgan fingerprint density at radius 3 is 2.44 bits per heavy atom. The summed E-state index contributed by atoms with van der Waals surface area (Å²) in [5.41, 5.74) is 3.93. The van der Waals surface area contributed by atoms with Crippen molar-refractivity contribution in [1.29, 1.82) is 0 Å². The van der Waals surface area contributed by atoms with Gasteiger partial charge in [-0.15, -0.1) is 0 Å². The summed E-state index contributed by atoms with van der Waals surface area (Å²) in [6.45, 7) is 3.69. The highest BCUT2D eigenvalue weighted by Crippen LogP contribution is 2.37. The first-order valence-corrected chi connectivity index (χ1v) is 14.0. The lowest BCUT2D eigenvalue weighted by Gasteiger charge is -2.14. The van der Waals surface area contributed by atoms with Gasteiger partial charge in [-0.3, -0.25) is 19.3 Å². The lowest BCUT2D eigenvalue weighted by Crippen LogP contribution is -2.27. The first-order chi connectivity index (χ1) is 18.6. The van der Waals surface area contributed by atoms with Crippen molar-refractivity contribution in [3.05, 3.63) is 90.2 Å². The second-order valence-corrected chi connectivity index (χ2v) is 11.3. The molecule has 0 unspecified atom stereocenters. The highest BCUT2D eigenvalue weighted by atomic mass is 79.9. The molecule has 1 aliphatic heterocycles. The van der Waals surface area contributed by atoms with Crippen LogP contribution in [0.4, 0.5) is 10.5 Å². The van der Waals surface area contributed by atoms with E-state index in [-0.39, 0.29) is 24.0 Å². The molecular formula is C28H23BrCl2N2O5S. The number of halogens is 3. The van der Waals surface area contributed by atoms with Crippen molar-refractivity contribution in [1.82, 2.24) is 4.90 Å². The average molecular weight is 650 g/mol. The number of amides is 3. The highest BCUT2D eigenvalue weighted by Gasteiger charge is 2.35. The van der Waals surface area contributed by atoms with E-state index in [1.165, 1.54) is 7.11 Å². The van der Waals surface area contributed by atoms with Gasteiger partial charge in [0.2, 0.25) is 0 Å². The molecule has 3 aromatic rings. The molecule has 0 atom stereocenters. The third kappa shape index (κ3) is 6.78. The standard InChI is InChI=1S/C28H23BrCl2N2O5S/c1-15-9-19(29)22(10-16(15)2)32-26(34)14-38-23-8-7-17(11-24(23)37-3)12-25-27(35)33(28(36)39-25)13-18-20(30)5-4-6-21(18)31/h4-12H,13-14H2,1-3H3,(H,32,34)/b25-12-. The van der Waals surface area contributed by atoms with Gasteiger partial charge in [0.25, 0.3) is 17.1 Å². The molecule has 1 heterocycles. The molecule has 0 spiro atoms. The molecule has 1 fully saturated rings. The van der Waals surface area contributed by atoms with E-state index in [2.05, 4.69) is 21.2 Å². The molecular weight excluding hydrogens is 627 g/mol. The number of ether oxygens (including phenoxy) is 2. The number of thioether (sulfide) groups is 1. The van der Waals surface area contributed by atoms with Crippen LogP contribution in [0.25, 0.3) is 6.08 Å². The normalized spacial score (nSPS) is 14.2. The molecule has 0 saturated carbocycles. The van der Waals surface area contributed by atoms with Crippen LogP contribution in [0.3, 0.4) is 0 Å². The lowest BCUT2D eigenvalue weighted by molar-refractivity contribution is -0.123. The van der Waals surface area contributed by atoms with Crippen LogP contribution >= 0.6 is 50.9 Å². The zero-order valence-corrected chi connectivity index (χ0v) is 25.1. The van der Waals surface area contributed by atoms with Crippen molar-refractivity contribution in [2.24, 2.45) is 0 Å². The number of imide groups is 1. The number of hydrogen-bond acceptors (Lipinski definition) is 6. The van der Waals surface area contributed by atoms with Crippen molar-refractivity contribution in [2.45, 2.75) is 20.4 Å². The van der Waals surface area contributed by atoms with E-state index in [4.69, 9.17) is 32.7 Å². The van der Waals surface area contributed by atoms with E-state index in [0.29, 0.717) is 38.4 Å². The average Bonchev–Trinajstić information content (AvgIpc) is 3.15. The Morgan fingerprint density at radius 2 is 1.74 bits per heavy atom. The number of aryl methyl sites for hydroxylation is 2. The largest absolute Gasteiger partial charge is 0.493 e. The maximum absolute atomic E-state index is 13.0. The fourth-order valence-corrected chi connectivity index (χ4v) is 5.64. The van der Waals surface area contributed by atoms with E-state index in [1.807, 2.05) is 26.0 Å². The van der Waals surface area contributed by atoms with Gasteiger partial charge in [-0.25, -0.2) is 0 Å². The predicted octanol–water partition coefficient (Wildman–Crippen LogP) is 7.64. The number of carbonyl (C=O) groups excluding carboxylic acids is 3. The minimum absolute atomic E-state index is 0.0304. The summed E-state index contributed by atoms with van der Waals surface area (Å²) >= 11 is 16.7. The fraction of sp³-hybridized carbons (Fsp3) is 0.179. The van der Waals surface area contributed by atoms with Gasteiger partial charge in [0, 0.05) is 20.1 Å². The number of carbonyl (C=O) groups is 3. The number of rotatable bonds is 8. The van der Waals surface area contributed by atoms with Gasteiger partial charge < -0.3 is 14.8 Å². The van der Waals surface area contributed by atoms with Crippen LogP contribution in [-0.4, -0.2) is 35.7 Å². The number of hydrogen-bond donors (Lipinski definition) is 1. The fourth-order valence-electron chi connectivity index (χ4n) is 3.73. The minimum atomic E-state index is -0.450. The molecule has 7 nitrogen and oxygen atoms in total. The Hall–Kier alpha value is -2.98. The molecule has 11 heteroatoms. The Bertz CT molecular complexity index is 1490. The van der Waals surface area contributed by atoms with E-state index in [0.717, 1.165) is 32.3 Å². The van der Waals surface area contributed by atoms with Gasteiger partial charge in [-0.1, -0.05) is 35.3 Å². The first-order valence-electron chi connectivity index (χ1n) is 11.6. The van der Waals surface area contributed by atoms with Crippen LogP contribution < -0.4 is 14.8 Å². The van der Waals surface area contributed by atoms with Crippen molar-refractivity contribution in [3.63, 3.8) is 0 Å². The molecule has 3 amide bonds. The van der Waals surface area contributed by atoms with Crippen molar-refractivity contribution >= 4 is 79.7 Å². The van der Waals surface area contributed by atoms with Crippen LogP contribution in [0, 0.1) is 13.8 Å². The Kier molecular flexibility index (Phi) is 9.27. The monoisotopic (exact) mass is 648 g/mol. The van der Waals surface area contributed by atoms with Gasteiger partial charge in [0.1, 0.15) is 0 Å².